The molecule has 2 rings (SSSR count). The van der Waals surface area contributed by atoms with Crippen molar-refractivity contribution in [2.75, 3.05) is 18.2 Å². The second kappa shape index (κ2) is 4.67. The molecule has 0 bridgehead atoms. The van der Waals surface area contributed by atoms with E-state index in [-0.39, 0.29) is 17.5 Å². The third kappa shape index (κ3) is 2.20. The zero-order chi connectivity index (χ0) is 13.1. The van der Waals surface area contributed by atoms with Gasteiger partial charge in [-0.25, -0.2) is 10.5 Å². The van der Waals surface area contributed by atoms with Crippen molar-refractivity contribution in [2.45, 2.75) is 0 Å². The van der Waals surface area contributed by atoms with Crippen molar-refractivity contribution < 1.29 is 4.79 Å². The minimum Gasteiger partial charge on any atom is -0.368 e. The Kier molecular flexibility index (Phi) is 3.06. The number of carbonyl (C=O) groups excluding carboxylic acids is 1. The molecule has 0 aliphatic rings. The highest BCUT2D eigenvalue weighted by Crippen LogP contribution is 2.11. The molecule has 0 aliphatic heterocycles. The number of carbonyl (C=O) groups is 1. The van der Waals surface area contributed by atoms with Gasteiger partial charge in [0.1, 0.15) is 5.82 Å². The number of hydrazine groups is 1. The summed E-state index contributed by atoms with van der Waals surface area (Å²) in [5.41, 5.74) is 8.17. The SMILES string of the molecule is CNC(=O)c1ccn(-c2cc(NN)nc(N)n2)n1. The molecule has 0 unspecified atom stereocenters. The van der Waals surface area contributed by atoms with Crippen molar-refractivity contribution >= 4 is 17.7 Å². The van der Waals surface area contributed by atoms with Crippen LogP contribution in [0.25, 0.3) is 5.82 Å². The monoisotopic (exact) mass is 248 g/mol. The van der Waals surface area contributed by atoms with Crippen LogP contribution in [0.1, 0.15) is 10.5 Å². The number of nitrogen functional groups attached to an aromatic ring is 2. The van der Waals surface area contributed by atoms with Gasteiger partial charge in [0.2, 0.25) is 5.95 Å². The van der Waals surface area contributed by atoms with Gasteiger partial charge in [0, 0.05) is 19.3 Å². The van der Waals surface area contributed by atoms with Crippen LogP contribution < -0.4 is 22.3 Å². The molecule has 2 heterocycles. The van der Waals surface area contributed by atoms with Crippen molar-refractivity contribution in [1.82, 2.24) is 25.1 Å². The molecule has 2 aromatic rings. The van der Waals surface area contributed by atoms with Crippen molar-refractivity contribution in [3.63, 3.8) is 0 Å². The van der Waals surface area contributed by atoms with Crippen LogP contribution in [0, 0.1) is 0 Å². The van der Waals surface area contributed by atoms with Gasteiger partial charge >= 0.3 is 0 Å². The van der Waals surface area contributed by atoms with Gasteiger partial charge in [-0.05, 0) is 6.07 Å². The highest BCUT2D eigenvalue weighted by Gasteiger charge is 2.10. The van der Waals surface area contributed by atoms with Crippen LogP contribution in [-0.2, 0) is 0 Å². The van der Waals surface area contributed by atoms with Crippen LogP contribution in [0.5, 0.6) is 0 Å². The average Bonchev–Trinajstić information content (AvgIpc) is 2.86. The first-order chi connectivity index (χ1) is 8.63. The zero-order valence-electron chi connectivity index (χ0n) is 9.58. The quantitative estimate of drug-likeness (QED) is 0.399. The number of nitrogens with zero attached hydrogens (tertiary/aromatic N) is 4. The van der Waals surface area contributed by atoms with E-state index < -0.39 is 0 Å². The number of anilines is 2. The Hall–Kier alpha value is -2.68. The fourth-order valence-corrected chi connectivity index (χ4v) is 1.34. The highest BCUT2D eigenvalue weighted by atomic mass is 16.1. The predicted molar refractivity (Wildman–Crippen MR) is 64.8 cm³/mol. The first-order valence-electron chi connectivity index (χ1n) is 5.03. The number of nitrogens with one attached hydrogen (secondary N) is 2. The summed E-state index contributed by atoms with van der Waals surface area (Å²) in [4.78, 5) is 19.2. The molecule has 9 heteroatoms. The van der Waals surface area contributed by atoms with Crippen LogP contribution >= 0.6 is 0 Å². The molecule has 0 saturated carbocycles. The Balaban J connectivity index is 2.39. The first-order valence-corrected chi connectivity index (χ1v) is 5.03. The molecular weight excluding hydrogens is 236 g/mol. The minimum atomic E-state index is -0.284. The summed E-state index contributed by atoms with van der Waals surface area (Å²) in [5, 5.41) is 6.53. The Labute approximate surface area is 102 Å². The zero-order valence-corrected chi connectivity index (χ0v) is 9.58. The van der Waals surface area contributed by atoms with E-state index in [9.17, 15) is 4.79 Å². The summed E-state index contributed by atoms with van der Waals surface area (Å²) in [5.74, 6) is 5.78. The fraction of sp³-hybridized carbons (Fsp3) is 0.111. The Morgan fingerprint density at radius 2 is 2.22 bits per heavy atom. The lowest BCUT2D eigenvalue weighted by Gasteiger charge is -2.04. The molecule has 0 aliphatic carbocycles. The molecule has 9 nitrogen and oxygen atoms in total. The van der Waals surface area contributed by atoms with Crippen LogP contribution in [0.4, 0.5) is 11.8 Å². The number of aromatic nitrogens is 4. The van der Waals surface area contributed by atoms with Gasteiger partial charge in [-0.15, -0.1) is 0 Å². The van der Waals surface area contributed by atoms with E-state index in [1.807, 2.05) is 0 Å². The molecule has 0 fully saturated rings. The van der Waals surface area contributed by atoms with Crippen LogP contribution in [0.15, 0.2) is 18.3 Å². The van der Waals surface area contributed by atoms with Crippen molar-refractivity contribution in [3.8, 4) is 5.82 Å². The first kappa shape index (κ1) is 11.8. The lowest BCUT2D eigenvalue weighted by atomic mass is 10.4. The van der Waals surface area contributed by atoms with E-state index in [1.165, 1.54) is 11.7 Å². The third-order valence-electron chi connectivity index (χ3n) is 2.16. The van der Waals surface area contributed by atoms with E-state index in [0.717, 1.165) is 0 Å². The van der Waals surface area contributed by atoms with Gasteiger partial charge in [0.05, 0.1) is 0 Å². The maximum absolute atomic E-state index is 11.4. The van der Waals surface area contributed by atoms with Crippen LogP contribution in [-0.4, -0.2) is 32.7 Å². The largest absolute Gasteiger partial charge is 0.368 e. The second-order valence-corrected chi connectivity index (χ2v) is 3.34. The summed E-state index contributed by atoms with van der Waals surface area (Å²) in [6.45, 7) is 0. The molecule has 1 amide bonds. The summed E-state index contributed by atoms with van der Waals surface area (Å²) < 4.78 is 1.41. The fourth-order valence-electron chi connectivity index (χ4n) is 1.34. The average molecular weight is 248 g/mol. The summed E-state index contributed by atoms with van der Waals surface area (Å²) >= 11 is 0. The van der Waals surface area contributed by atoms with Gasteiger partial charge in [-0.1, -0.05) is 0 Å². The van der Waals surface area contributed by atoms with Gasteiger partial charge < -0.3 is 16.5 Å². The number of amides is 1. The van der Waals surface area contributed by atoms with E-state index in [4.69, 9.17) is 11.6 Å². The molecule has 18 heavy (non-hydrogen) atoms. The number of rotatable bonds is 3. The molecule has 0 saturated heterocycles. The molecule has 2 aromatic heterocycles. The van der Waals surface area contributed by atoms with Crippen LogP contribution in [0.2, 0.25) is 0 Å². The van der Waals surface area contributed by atoms with Crippen LogP contribution in [0.3, 0.4) is 0 Å². The van der Waals surface area contributed by atoms with Gasteiger partial charge in [0.15, 0.2) is 11.5 Å². The van der Waals surface area contributed by atoms with Crippen molar-refractivity contribution in [3.05, 3.63) is 24.0 Å². The van der Waals surface area contributed by atoms with Crippen molar-refractivity contribution in [1.29, 1.82) is 0 Å². The Morgan fingerprint density at radius 1 is 1.44 bits per heavy atom. The van der Waals surface area contributed by atoms with Gasteiger partial charge in [0.25, 0.3) is 5.91 Å². The topological polar surface area (TPSA) is 137 Å². The molecule has 0 spiro atoms. The Morgan fingerprint density at radius 3 is 2.89 bits per heavy atom. The lowest BCUT2D eigenvalue weighted by molar-refractivity contribution is 0.0957. The van der Waals surface area contributed by atoms with Gasteiger partial charge in [-0.3, -0.25) is 4.79 Å². The summed E-state index contributed by atoms with van der Waals surface area (Å²) in [7, 11) is 1.53. The number of hydrogen-bond acceptors (Lipinski definition) is 7. The van der Waals surface area contributed by atoms with Gasteiger partial charge in [-0.2, -0.15) is 15.1 Å². The van der Waals surface area contributed by atoms with E-state index in [1.54, 1.807) is 18.3 Å². The predicted octanol–water partition coefficient (Wildman–Crippen LogP) is -1.11. The Bertz CT molecular complexity index is 578. The normalized spacial score (nSPS) is 10.1. The molecular formula is C9H12N8O. The minimum absolute atomic E-state index is 0.0532. The molecule has 0 atom stereocenters. The van der Waals surface area contributed by atoms with E-state index >= 15 is 0 Å². The maximum atomic E-state index is 11.4. The molecule has 94 valence electrons. The smallest absolute Gasteiger partial charge is 0.271 e. The second-order valence-electron chi connectivity index (χ2n) is 3.34. The van der Waals surface area contributed by atoms with E-state index in [2.05, 4.69) is 25.8 Å². The maximum Gasteiger partial charge on any atom is 0.271 e. The lowest BCUT2D eigenvalue weighted by Crippen LogP contribution is -2.18. The third-order valence-corrected chi connectivity index (χ3v) is 2.16. The molecule has 0 aromatic carbocycles. The van der Waals surface area contributed by atoms with Crippen molar-refractivity contribution in [2.24, 2.45) is 5.84 Å². The number of nitrogens with two attached hydrogens (primary N) is 2. The standard InChI is InChI=1S/C9H12N8O/c1-12-8(18)5-2-3-17(16-5)7-4-6(15-11)13-9(10)14-7/h2-4H,11H2,1H3,(H,12,18)(H3,10,13,14,15). The highest BCUT2D eigenvalue weighted by molar-refractivity contribution is 5.91. The van der Waals surface area contributed by atoms with E-state index in [0.29, 0.717) is 11.6 Å². The molecule has 0 radical (unpaired) electrons. The summed E-state index contributed by atoms with van der Waals surface area (Å²) in [6.07, 6.45) is 1.59. The summed E-state index contributed by atoms with van der Waals surface area (Å²) in [6, 6.07) is 3.11. The molecule has 6 N–H and O–H groups in total. The number of hydrogen-bond donors (Lipinski definition) is 4.